The molecule has 1 amide bonds. The van der Waals surface area contributed by atoms with E-state index < -0.39 is 5.91 Å². The molecular weight excluding hydrogens is 464 g/mol. The second kappa shape index (κ2) is 13.2. The maximum absolute atomic E-state index is 12.4. The van der Waals surface area contributed by atoms with E-state index in [-0.39, 0.29) is 11.5 Å². The Kier molecular flexibility index (Phi) is 9.78. The number of nitrogens with zero attached hydrogens (tertiary/aromatic N) is 3. The van der Waals surface area contributed by atoms with Crippen molar-refractivity contribution in [3.05, 3.63) is 70.2 Å². The summed E-state index contributed by atoms with van der Waals surface area (Å²) in [5.74, 6) is 1.18. The number of hydrogen-bond acceptors (Lipinski definition) is 8. The van der Waals surface area contributed by atoms with Crippen LogP contribution >= 0.6 is 11.3 Å². The molecule has 3 rings (SSSR count). The molecule has 0 saturated carbocycles. The third-order valence-corrected chi connectivity index (χ3v) is 5.86. The van der Waals surface area contributed by atoms with Crippen molar-refractivity contribution in [2.45, 2.75) is 26.7 Å². The Morgan fingerprint density at radius 1 is 1.00 bits per heavy atom. The minimum absolute atomic E-state index is 0.0266. The first-order chi connectivity index (χ1) is 16.9. The van der Waals surface area contributed by atoms with Crippen molar-refractivity contribution in [2.24, 2.45) is 0 Å². The Labute approximate surface area is 209 Å². The van der Waals surface area contributed by atoms with Crippen LogP contribution in [0.15, 0.2) is 54.1 Å². The number of aromatic nitrogens is 2. The van der Waals surface area contributed by atoms with Crippen LogP contribution < -0.4 is 14.8 Å². The van der Waals surface area contributed by atoms with Gasteiger partial charge < -0.3 is 14.2 Å². The first-order valence-corrected chi connectivity index (χ1v) is 12.0. The van der Waals surface area contributed by atoms with E-state index in [2.05, 4.69) is 15.5 Å². The van der Waals surface area contributed by atoms with E-state index >= 15 is 0 Å². The first-order valence-electron chi connectivity index (χ1n) is 11.2. The molecule has 2 aromatic carbocycles. The summed E-state index contributed by atoms with van der Waals surface area (Å²) in [6.45, 7) is 7.79. The van der Waals surface area contributed by atoms with Gasteiger partial charge in [0, 0.05) is 5.92 Å². The van der Waals surface area contributed by atoms with Crippen molar-refractivity contribution < 1.29 is 19.0 Å². The van der Waals surface area contributed by atoms with Crippen molar-refractivity contribution in [3.63, 3.8) is 0 Å². The van der Waals surface area contributed by atoms with Crippen LogP contribution in [0.2, 0.25) is 0 Å². The van der Waals surface area contributed by atoms with E-state index in [4.69, 9.17) is 14.2 Å². The smallest absolute Gasteiger partial charge is 0.268 e. The van der Waals surface area contributed by atoms with Gasteiger partial charge in [-0.25, -0.2) is 0 Å². The minimum atomic E-state index is -0.525. The zero-order valence-electron chi connectivity index (χ0n) is 20.0. The summed E-state index contributed by atoms with van der Waals surface area (Å²) in [6, 6.07) is 16.9. The molecule has 0 aliphatic heterocycles. The van der Waals surface area contributed by atoms with Crippen LogP contribution in [-0.4, -0.2) is 42.5 Å². The van der Waals surface area contributed by atoms with E-state index in [0.717, 1.165) is 10.8 Å². The lowest BCUT2D eigenvalue weighted by atomic mass is 10.1. The Morgan fingerprint density at radius 3 is 2.14 bits per heavy atom. The zero-order chi connectivity index (χ0) is 25.0. The second-order valence-electron chi connectivity index (χ2n) is 7.92. The van der Waals surface area contributed by atoms with E-state index in [1.807, 2.05) is 51.1 Å². The number of nitriles is 1. The van der Waals surface area contributed by atoms with E-state index in [1.165, 1.54) is 23.0 Å². The lowest BCUT2D eigenvalue weighted by Crippen LogP contribution is -2.13. The molecule has 1 heterocycles. The fourth-order valence-electron chi connectivity index (χ4n) is 2.83. The fourth-order valence-corrected chi connectivity index (χ4v) is 3.57. The molecule has 35 heavy (non-hydrogen) atoms. The Morgan fingerprint density at radius 2 is 1.60 bits per heavy atom. The van der Waals surface area contributed by atoms with Crippen molar-refractivity contribution in [1.29, 1.82) is 5.26 Å². The van der Waals surface area contributed by atoms with Crippen molar-refractivity contribution in [3.8, 4) is 17.6 Å². The topological polar surface area (TPSA) is 106 Å². The summed E-state index contributed by atoms with van der Waals surface area (Å²) in [6.07, 6.45) is 1.51. The standard InChI is InChI=1S/C26H28N4O4S/c1-18(2)25-29-30-26(35-25)28-24(31)21(17-27)16-20-6-10-23(11-7-20)34-15-13-32-12-14-33-22-8-4-19(3)5-9-22/h4-11,16,18H,12-15H2,1-3H3,(H,28,30,31)/b21-16-. The molecule has 0 aliphatic rings. The van der Waals surface area contributed by atoms with Crippen molar-refractivity contribution in [1.82, 2.24) is 10.2 Å². The highest BCUT2D eigenvalue weighted by Crippen LogP contribution is 2.23. The number of carbonyl (C=O) groups is 1. The monoisotopic (exact) mass is 492 g/mol. The Hall–Kier alpha value is -3.74. The molecule has 3 aromatic rings. The molecule has 0 unspecified atom stereocenters. The first kappa shape index (κ1) is 25.9. The van der Waals surface area contributed by atoms with Crippen LogP contribution in [0.3, 0.4) is 0 Å². The number of rotatable bonds is 12. The number of ether oxygens (including phenoxy) is 3. The molecule has 182 valence electrons. The summed E-state index contributed by atoms with van der Waals surface area (Å²) >= 11 is 1.29. The SMILES string of the molecule is Cc1ccc(OCCOCCOc2ccc(/C=C(/C#N)C(=O)Nc3nnc(C(C)C)s3)cc2)cc1. The van der Waals surface area contributed by atoms with E-state index in [9.17, 15) is 10.1 Å². The number of carbonyl (C=O) groups excluding carboxylic acids is 1. The Bertz CT molecular complexity index is 1170. The van der Waals surface area contributed by atoms with E-state index in [1.54, 1.807) is 24.3 Å². The molecule has 0 radical (unpaired) electrons. The van der Waals surface area contributed by atoms with Crippen LogP contribution in [0.25, 0.3) is 6.08 Å². The minimum Gasteiger partial charge on any atom is -0.491 e. The molecule has 9 heteroatoms. The average molecular weight is 493 g/mol. The van der Waals surface area contributed by atoms with Gasteiger partial charge in [-0.2, -0.15) is 5.26 Å². The number of amides is 1. The molecule has 0 spiro atoms. The van der Waals surface area contributed by atoms with E-state index in [0.29, 0.717) is 42.9 Å². The highest BCUT2D eigenvalue weighted by Gasteiger charge is 2.14. The predicted molar refractivity (Wildman–Crippen MR) is 136 cm³/mol. The van der Waals surface area contributed by atoms with Gasteiger partial charge >= 0.3 is 0 Å². The molecule has 0 aliphatic carbocycles. The number of nitrogens with one attached hydrogen (secondary N) is 1. The zero-order valence-corrected chi connectivity index (χ0v) is 20.8. The quantitative estimate of drug-likeness (QED) is 0.216. The molecule has 0 fully saturated rings. The molecule has 0 bridgehead atoms. The van der Waals surface area contributed by atoms with Gasteiger partial charge in [0.25, 0.3) is 5.91 Å². The second-order valence-corrected chi connectivity index (χ2v) is 8.92. The van der Waals surface area contributed by atoms with Crippen LogP contribution in [0, 0.1) is 18.3 Å². The van der Waals surface area contributed by atoms with Gasteiger partial charge in [-0.05, 0) is 42.8 Å². The summed E-state index contributed by atoms with van der Waals surface area (Å²) in [4.78, 5) is 12.4. The summed E-state index contributed by atoms with van der Waals surface area (Å²) < 4.78 is 16.8. The van der Waals surface area contributed by atoms with Crippen LogP contribution in [-0.2, 0) is 9.53 Å². The lowest BCUT2D eigenvalue weighted by molar-refractivity contribution is -0.112. The summed E-state index contributed by atoms with van der Waals surface area (Å²) in [5.41, 5.74) is 1.87. The fraction of sp³-hybridized carbons (Fsp3) is 0.308. The van der Waals surface area contributed by atoms with Gasteiger partial charge in [0.2, 0.25) is 5.13 Å². The third-order valence-electron chi connectivity index (χ3n) is 4.72. The lowest BCUT2D eigenvalue weighted by Gasteiger charge is -2.09. The van der Waals surface area contributed by atoms with Crippen LogP contribution in [0.1, 0.15) is 35.9 Å². The maximum atomic E-state index is 12.4. The third kappa shape index (κ3) is 8.52. The van der Waals surface area contributed by atoms with Gasteiger partial charge in [0.1, 0.15) is 41.4 Å². The van der Waals surface area contributed by atoms with Gasteiger partial charge in [0.15, 0.2) is 0 Å². The molecule has 1 N–H and O–H groups in total. The van der Waals surface area contributed by atoms with Crippen LogP contribution in [0.5, 0.6) is 11.5 Å². The number of aryl methyl sites for hydroxylation is 1. The van der Waals surface area contributed by atoms with Gasteiger partial charge in [-0.15, -0.1) is 10.2 Å². The highest BCUT2D eigenvalue weighted by atomic mass is 32.1. The van der Waals surface area contributed by atoms with Crippen molar-refractivity contribution in [2.75, 3.05) is 31.7 Å². The normalized spacial score (nSPS) is 11.2. The van der Waals surface area contributed by atoms with Gasteiger partial charge in [-0.3, -0.25) is 10.1 Å². The number of hydrogen-bond donors (Lipinski definition) is 1. The summed E-state index contributed by atoms with van der Waals surface area (Å²) in [5, 5.41) is 21.2. The molecule has 8 nitrogen and oxygen atoms in total. The Balaban J connectivity index is 1.39. The molecule has 0 atom stereocenters. The number of benzene rings is 2. The predicted octanol–water partition coefficient (Wildman–Crippen LogP) is 4.99. The number of anilines is 1. The summed E-state index contributed by atoms with van der Waals surface area (Å²) in [7, 11) is 0. The largest absolute Gasteiger partial charge is 0.491 e. The van der Waals surface area contributed by atoms with Crippen LogP contribution in [0.4, 0.5) is 5.13 Å². The highest BCUT2D eigenvalue weighted by molar-refractivity contribution is 7.15. The van der Waals surface area contributed by atoms with Gasteiger partial charge in [-0.1, -0.05) is 55.0 Å². The maximum Gasteiger partial charge on any atom is 0.268 e. The van der Waals surface area contributed by atoms with Gasteiger partial charge in [0.05, 0.1) is 13.2 Å². The molecular formula is C26H28N4O4S. The van der Waals surface area contributed by atoms with Crippen molar-refractivity contribution >= 4 is 28.5 Å². The average Bonchev–Trinajstić information content (AvgIpc) is 3.32. The molecule has 0 saturated heterocycles. The molecule has 1 aromatic heterocycles.